The minimum Gasteiger partial charge on any atom is -0.481 e. The van der Waals surface area contributed by atoms with Gasteiger partial charge in [0.05, 0.1) is 0 Å². The highest BCUT2D eigenvalue weighted by atomic mass is 32.2. The molecule has 0 bridgehead atoms. The van der Waals surface area contributed by atoms with Gasteiger partial charge in [-0.25, -0.2) is 0 Å². The van der Waals surface area contributed by atoms with Crippen molar-refractivity contribution in [1.29, 1.82) is 0 Å². The second-order valence-corrected chi connectivity index (χ2v) is 5.65. The lowest BCUT2D eigenvalue weighted by Crippen LogP contribution is -2.26. The quantitative estimate of drug-likeness (QED) is 0.569. The molecule has 0 radical (unpaired) electrons. The number of carboxylic acids is 1. The molecule has 0 saturated carbocycles. The Morgan fingerprint density at radius 1 is 1.17 bits per heavy atom. The highest BCUT2D eigenvalue weighted by Crippen LogP contribution is 2.07. The number of amides is 1. The Bertz CT molecular complexity index is 246. The van der Waals surface area contributed by atoms with E-state index < -0.39 is 5.97 Å². The maximum Gasteiger partial charge on any atom is 0.303 e. The molecule has 0 spiro atoms. The van der Waals surface area contributed by atoms with Crippen LogP contribution < -0.4 is 5.32 Å². The van der Waals surface area contributed by atoms with Crippen LogP contribution in [0, 0.1) is 5.92 Å². The van der Waals surface area contributed by atoms with Gasteiger partial charge in [0.25, 0.3) is 0 Å². The van der Waals surface area contributed by atoms with Crippen LogP contribution in [0.25, 0.3) is 0 Å². The third kappa shape index (κ3) is 11.8. The molecule has 2 N–H and O–H groups in total. The summed E-state index contributed by atoms with van der Waals surface area (Å²) in [6.07, 6.45) is 7.08. The predicted molar refractivity (Wildman–Crippen MR) is 75.9 cm³/mol. The van der Waals surface area contributed by atoms with E-state index in [4.69, 9.17) is 5.11 Å². The van der Waals surface area contributed by atoms with Crippen LogP contribution in [0.5, 0.6) is 0 Å². The molecular weight excluding hydrogens is 250 g/mol. The summed E-state index contributed by atoms with van der Waals surface area (Å²) in [5.74, 6) is 0.236. The molecule has 1 unspecified atom stereocenters. The summed E-state index contributed by atoms with van der Waals surface area (Å²) in [6, 6.07) is 0. The predicted octanol–water partition coefficient (Wildman–Crippen LogP) is 2.53. The third-order valence-electron chi connectivity index (χ3n) is 2.65. The molecule has 0 aromatic carbocycles. The molecule has 0 saturated heterocycles. The fourth-order valence-electron chi connectivity index (χ4n) is 1.71. The number of rotatable bonds is 11. The molecule has 0 aliphatic rings. The fourth-order valence-corrected chi connectivity index (χ4v) is 2.20. The smallest absolute Gasteiger partial charge is 0.303 e. The molecule has 18 heavy (non-hydrogen) atoms. The van der Waals surface area contributed by atoms with E-state index in [0.717, 1.165) is 12.8 Å². The summed E-state index contributed by atoms with van der Waals surface area (Å²) in [4.78, 5) is 21.9. The maximum absolute atomic E-state index is 11.5. The van der Waals surface area contributed by atoms with Crippen LogP contribution in [0.15, 0.2) is 0 Å². The second-order valence-electron chi connectivity index (χ2n) is 4.66. The molecule has 1 atom stereocenters. The summed E-state index contributed by atoms with van der Waals surface area (Å²) < 4.78 is 0. The van der Waals surface area contributed by atoms with Crippen LogP contribution in [-0.4, -0.2) is 35.5 Å². The highest BCUT2D eigenvalue weighted by molar-refractivity contribution is 7.98. The molecule has 5 heteroatoms. The first-order chi connectivity index (χ1) is 8.56. The van der Waals surface area contributed by atoms with Crippen molar-refractivity contribution in [3.63, 3.8) is 0 Å². The number of nitrogens with one attached hydrogen (secondary N) is 1. The summed E-state index contributed by atoms with van der Waals surface area (Å²) >= 11 is 1.86. The minimum absolute atomic E-state index is 0.0344. The highest BCUT2D eigenvalue weighted by Gasteiger charge is 2.11. The molecule has 0 aromatic rings. The summed E-state index contributed by atoms with van der Waals surface area (Å²) in [5.41, 5.74) is 0. The number of thioether (sulfide) groups is 1. The van der Waals surface area contributed by atoms with Gasteiger partial charge in [-0.15, -0.1) is 0 Å². The molecule has 0 aliphatic heterocycles. The monoisotopic (exact) mass is 275 g/mol. The van der Waals surface area contributed by atoms with Crippen LogP contribution in [0.1, 0.15) is 45.4 Å². The van der Waals surface area contributed by atoms with E-state index in [9.17, 15) is 9.59 Å². The fraction of sp³-hybridized carbons (Fsp3) is 0.846. The van der Waals surface area contributed by atoms with Gasteiger partial charge in [-0.05, 0) is 30.8 Å². The second kappa shape index (κ2) is 11.4. The Hall–Kier alpha value is -0.710. The number of carboxylic acid groups (broad SMARTS) is 1. The number of unbranched alkanes of at least 4 members (excludes halogenated alkanes) is 3. The molecule has 4 nitrogen and oxygen atoms in total. The van der Waals surface area contributed by atoms with Crippen LogP contribution in [0.3, 0.4) is 0 Å². The molecule has 1 amide bonds. The molecule has 0 fully saturated rings. The molecule has 0 rings (SSSR count). The first kappa shape index (κ1) is 17.3. The number of carbonyl (C=O) groups is 2. The van der Waals surface area contributed by atoms with Crippen molar-refractivity contribution in [1.82, 2.24) is 5.32 Å². The first-order valence-electron chi connectivity index (χ1n) is 6.53. The zero-order valence-corrected chi connectivity index (χ0v) is 12.2. The van der Waals surface area contributed by atoms with Crippen molar-refractivity contribution in [3.05, 3.63) is 0 Å². The number of aliphatic carboxylic acids is 1. The van der Waals surface area contributed by atoms with Crippen molar-refractivity contribution < 1.29 is 14.7 Å². The molecular formula is C13H25NO3S. The van der Waals surface area contributed by atoms with E-state index in [-0.39, 0.29) is 18.2 Å². The largest absolute Gasteiger partial charge is 0.481 e. The molecule has 0 aromatic heterocycles. The third-order valence-corrected chi connectivity index (χ3v) is 3.35. The van der Waals surface area contributed by atoms with Gasteiger partial charge in [-0.3, -0.25) is 9.59 Å². The summed E-state index contributed by atoms with van der Waals surface area (Å²) in [6.45, 7) is 2.49. The van der Waals surface area contributed by atoms with E-state index in [2.05, 4.69) is 11.6 Å². The van der Waals surface area contributed by atoms with Crippen LogP contribution in [0.4, 0.5) is 0 Å². The van der Waals surface area contributed by atoms with Crippen LogP contribution >= 0.6 is 11.8 Å². The van der Waals surface area contributed by atoms with Crippen molar-refractivity contribution in [2.45, 2.75) is 45.4 Å². The van der Waals surface area contributed by atoms with Crippen molar-refractivity contribution in [2.75, 3.05) is 18.6 Å². The minimum atomic E-state index is -0.843. The average molecular weight is 275 g/mol. The Kier molecular flexibility index (Phi) is 10.9. The van der Waals surface area contributed by atoms with Gasteiger partial charge < -0.3 is 10.4 Å². The normalized spacial score (nSPS) is 12.1. The van der Waals surface area contributed by atoms with Gasteiger partial charge in [-0.2, -0.15) is 11.8 Å². The lowest BCUT2D eigenvalue weighted by atomic mass is 10.0. The lowest BCUT2D eigenvalue weighted by Gasteiger charge is -2.09. The Balaban J connectivity index is 3.39. The van der Waals surface area contributed by atoms with E-state index >= 15 is 0 Å². The van der Waals surface area contributed by atoms with Crippen LogP contribution in [-0.2, 0) is 9.59 Å². The zero-order chi connectivity index (χ0) is 13.8. The van der Waals surface area contributed by atoms with Gasteiger partial charge in [0.1, 0.15) is 0 Å². The van der Waals surface area contributed by atoms with Gasteiger partial charge in [0.2, 0.25) is 5.91 Å². The van der Waals surface area contributed by atoms with E-state index in [0.29, 0.717) is 13.0 Å². The van der Waals surface area contributed by atoms with E-state index in [1.165, 1.54) is 18.6 Å². The summed E-state index contributed by atoms with van der Waals surface area (Å²) in [5, 5.41) is 11.4. The number of carbonyl (C=O) groups excluding carboxylic acids is 1. The standard InChI is InChI=1S/C13H25NO3S/c1-11(10-13(16)17)9-12(15)14-7-5-3-4-6-8-18-2/h11H,3-10H2,1-2H3,(H,14,15)(H,16,17). The lowest BCUT2D eigenvalue weighted by molar-refractivity contribution is -0.138. The van der Waals surface area contributed by atoms with Gasteiger partial charge in [0, 0.05) is 19.4 Å². The van der Waals surface area contributed by atoms with Gasteiger partial charge >= 0.3 is 5.97 Å². The first-order valence-corrected chi connectivity index (χ1v) is 7.93. The summed E-state index contributed by atoms with van der Waals surface area (Å²) in [7, 11) is 0. The average Bonchev–Trinajstić information content (AvgIpc) is 2.26. The van der Waals surface area contributed by atoms with Crippen molar-refractivity contribution in [3.8, 4) is 0 Å². The molecule has 0 heterocycles. The Labute approximate surface area is 114 Å². The van der Waals surface area contributed by atoms with Crippen LogP contribution in [0.2, 0.25) is 0 Å². The molecule has 0 aliphatic carbocycles. The molecule has 106 valence electrons. The van der Waals surface area contributed by atoms with E-state index in [1.54, 1.807) is 6.92 Å². The number of hydrogen-bond acceptors (Lipinski definition) is 3. The van der Waals surface area contributed by atoms with Crippen molar-refractivity contribution in [2.24, 2.45) is 5.92 Å². The van der Waals surface area contributed by atoms with Crippen molar-refractivity contribution >= 4 is 23.6 Å². The zero-order valence-electron chi connectivity index (χ0n) is 11.4. The SMILES string of the molecule is CSCCCCCCNC(=O)CC(C)CC(=O)O. The maximum atomic E-state index is 11.5. The van der Waals surface area contributed by atoms with Gasteiger partial charge in [-0.1, -0.05) is 19.8 Å². The van der Waals surface area contributed by atoms with Gasteiger partial charge in [0.15, 0.2) is 0 Å². The van der Waals surface area contributed by atoms with E-state index in [1.807, 2.05) is 11.8 Å². The topological polar surface area (TPSA) is 66.4 Å². The Morgan fingerprint density at radius 3 is 2.44 bits per heavy atom. The Morgan fingerprint density at radius 2 is 1.83 bits per heavy atom. The number of hydrogen-bond donors (Lipinski definition) is 2.